The molecule has 5 aromatic rings. The van der Waals surface area contributed by atoms with Crippen molar-refractivity contribution < 1.29 is 9.13 Å². The Bertz CT molecular complexity index is 1340. The lowest BCUT2D eigenvalue weighted by atomic mass is 10.1. The maximum Gasteiger partial charge on any atom is 0.123 e. The normalized spacial score (nSPS) is 11.3. The second-order valence-electron chi connectivity index (χ2n) is 6.77. The fraction of sp³-hybridized carbons (Fsp3) is 0.0417. The molecule has 0 spiro atoms. The fourth-order valence-electron chi connectivity index (χ4n) is 3.63. The second-order valence-corrected chi connectivity index (χ2v) is 7.57. The first kappa shape index (κ1) is 17.9. The van der Waals surface area contributed by atoms with Crippen LogP contribution < -0.4 is 4.74 Å². The van der Waals surface area contributed by atoms with Crippen LogP contribution in [0.4, 0.5) is 4.39 Å². The molecule has 5 rings (SSSR count). The number of rotatable bonds is 3. The zero-order chi connectivity index (χ0) is 20.0. The van der Waals surface area contributed by atoms with Gasteiger partial charge >= 0.3 is 0 Å². The van der Waals surface area contributed by atoms with Gasteiger partial charge in [-0.3, -0.25) is 0 Å². The van der Waals surface area contributed by atoms with Gasteiger partial charge in [-0.2, -0.15) is 5.10 Å². The summed E-state index contributed by atoms with van der Waals surface area (Å²) in [6, 6.07) is 24.7. The van der Waals surface area contributed by atoms with E-state index in [-0.39, 0.29) is 5.82 Å². The standard InChI is InChI=1S/C24H16BrFN2O/c1-29-18-10-7-15(8-11-18)21-14-22-19-12-9-17(26)13-20(19)23(25)24(28(22)27-21)16-5-3-2-4-6-16/h2-14H,1H3. The molecule has 2 aromatic heterocycles. The average molecular weight is 447 g/mol. The quantitative estimate of drug-likeness (QED) is 0.307. The van der Waals surface area contributed by atoms with E-state index in [0.717, 1.165) is 49.0 Å². The van der Waals surface area contributed by atoms with Crippen LogP contribution in [0.25, 0.3) is 38.8 Å². The van der Waals surface area contributed by atoms with E-state index in [1.54, 1.807) is 19.2 Å². The van der Waals surface area contributed by atoms with Crippen LogP contribution in [0.5, 0.6) is 5.75 Å². The molecule has 0 amide bonds. The van der Waals surface area contributed by atoms with Gasteiger partial charge < -0.3 is 4.74 Å². The van der Waals surface area contributed by atoms with Gasteiger partial charge in [0, 0.05) is 21.9 Å². The summed E-state index contributed by atoms with van der Waals surface area (Å²) in [7, 11) is 1.65. The van der Waals surface area contributed by atoms with Crippen molar-refractivity contribution >= 4 is 32.2 Å². The number of aromatic nitrogens is 2. The minimum atomic E-state index is -0.267. The molecule has 0 unspecified atom stereocenters. The number of methoxy groups -OCH3 is 1. The van der Waals surface area contributed by atoms with Gasteiger partial charge in [-0.05, 0) is 64.5 Å². The van der Waals surface area contributed by atoms with Crippen LogP contribution >= 0.6 is 15.9 Å². The molecule has 0 fully saturated rings. The van der Waals surface area contributed by atoms with Gasteiger partial charge in [0.1, 0.15) is 11.6 Å². The molecule has 0 aliphatic rings. The first-order valence-corrected chi connectivity index (χ1v) is 9.95. The molecule has 0 saturated heterocycles. The Morgan fingerprint density at radius 3 is 2.34 bits per heavy atom. The van der Waals surface area contributed by atoms with Crippen LogP contribution in [0, 0.1) is 5.82 Å². The summed E-state index contributed by atoms with van der Waals surface area (Å²) in [6.45, 7) is 0. The average Bonchev–Trinajstić information content (AvgIpc) is 3.20. The fourth-order valence-corrected chi connectivity index (χ4v) is 4.36. The highest BCUT2D eigenvalue weighted by Crippen LogP contribution is 2.38. The molecule has 0 bridgehead atoms. The number of fused-ring (bicyclic) bond motifs is 3. The van der Waals surface area contributed by atoms with E-state index in [4.69, 9.17) is 9.84 Å². The molecule has 142 valence electrons. The first-order chi connectivity index (χ1) is 14.2. The largest absolute Gasteiger partial charge is 0.497 e. The maximum atomic E-state index is 14.0. The number of ether oxygens (including phenoxy) is 1. The van der Waals surface area contributed by atoms with E-state index in [1.165, 1.54) is 6.07 Å². The van der Waals surface area contributed by atoms with Crippen molar-refractivity contribution in [1.29, 1.82) is 0 Å². The van der Waals surface area contributed by atoms with Crippen molar-refractivity contribution in [3.63, 3.8) is 0 Å². The van der Waals surface area contributed by atoms with Crippen LogP contribution in [0.15, 0.2) is 83.3 Å². The molecule has 5 heteroatoms. The highest BCUT2D eigenvalue weighted by molar-refractivity contribution is 9.10. The van der Waals surface area contributed by atoms with E-state index >= 15 is 0 Å². The van der Waals surface area contributed by atoms with Gasteiger partial charge in [0.25, 0.3) is 0 Å². The lowest BCUT2D eigenvalue weighted by molar-refractivity contribution is 0.415. The predicted molar refractivity (Wildman–Crippen MR) is 118 cm³/mol. The summed E-state index contributed by atoms with van der Waals surface area (Å²) < 4.78 is 22.0. The Kier molecular flexibility index (Phi) is 4.32. The highest BCUT2D eigenvalue weighted by Gasteiger charge is 2.18. The lowest BCUT2D eigenvalue weighted by Crippen LogP contribution is -1.98. The third kappa shape index (κ3) is 2.98. The summed E-state index contributed by atoms with van der Waals surface area (Å²) in [4.78, 5) is 0. The molecule has 2 heterocycles. The van der Waals surface area contributed by atoms with E-state index < -0.39 is 0 Å². The van der Waals surface area contributed by atoms with Crippen LogP contribution in [0.2, 0.25) is 0 Å². The number of hydrogen-bond donors (Lipinski definition) is 0. The van der Waals surface area contributed by atoms with E-state index in [0.29, 0.717) is 0 Å². The number of nitrogens with zero attached hydrogens (tertiary/aromatic N) is 2. The summed E-state index contributed by atoms with van der Waals surface area (Å²) in [5, 5.41) is 6.65. The Labute approximate surface area is 175 Å². The predicted octanol–water partition coefficient (Wildman–Crippen LogP) is 6.73. The Balaban J connectivity index is 1.85. The first-order valence-electron chi connectivity index (χ1n) is 9.16. The summed E-state index contributed by atoms with van der Waals surface area (Å²) in [5.74, 6) is 0.530. The van der Waals surface area contributed by atoms with Gasteiger partial charge in [0.2, 0.25) is 0 Å². The summed E-state index contributed by atoms with van der Waals surface area (Å²) in [5.41, 5.74) is 4.64. The third-order valence-electron chi connectivity index (χ3n) is 5.06. The minimum absolute atomic E-state index is 0.267. The van der Waals surface area contributed by atoms with Crippen LogP contribution in [0.3, 0.4) is 0 Å². The SMILES string of the molecule is COc1ccc(-c2cc3c4ccc(F)cc4c(Br)c(-c4ccccc4)n3n2)cc1. The van der Waals surface area contributed by atoms with Crippen molar-refractivity contribution in [2.45, 2.75) is 0 Å². The molecule has 0 aliphatic heterocycles. The number of pyridine rings is 1. The highest BCUT2D eigenvalue weighted by atomic mass is 79.9. The van der Waals surface area contributed by atoms with Gasteiger partial charge in [0.05, 0.1) is 28.5 Å². The molecule has 0 radical (unpaired) electrons. The lowest BCUT2D eigenvalue weighted by Gasteiger charge is -2.12. The molecule has 0 N–H and O–H groups in total. The van der Waals surface area contributed by atoms with Crippen molar-refractivity contribution in [3.05, 3.63) is 89.2 Å². The number of halogens is 2. The monoisotopic (exact) mass is 446 g/mol. The second kappa shape index (κ2) is 7.01. The number of benzene rings is 3. The molecule has 0 saturated carbocycles. The van der Waals surface area contributed by atoms with Crippen LogP contribution in [0.1, 0.15) is 0 Å². The molecule has 3 aromatic carbocycles. The zero-order valence-electron chi connectivity index (χ0n) is 15.6. The minimum Gasteiger partial charge on any atom is -0.497 e. The Morgan fingerprint density at radius 1 is 0.862 bits per heavy atom. The van der Waals surface area contributed by atoms with Gasteiger partial charge in [-0.15, -0.1) is 0 Å². The Hall–Kier alpha value is -3.18. The van der Waals surface area contributed by atoms with Gasteiger partial charge in [-0.1, -0.05) is 30.3 Å². The smallest absolute Gasteiger partial charge is 0.123 e. The molecule has 0 atom stereocenters. The molecule has 29 heavy (non-hydrogen) atoms. The van der Waals surface area contributed by atoms with E-state index in [2.05, 4.69) is 15.9 Å². The summed E-state index contributed by atoms with van der Waals surface area (Å²) in [6.07, 6.45) is 0. The molecule has 0 aliphatic carbocycles. The van der Waals surface area contributed by atoms with Crippen molar-refractivity contribution in [2.24, 2.45) is 0 Å². The van der Waals surface area contributed by atoms with E-state index in [9.17, 15) is 4.39 Å². The number of hydrogen-bond acceptors (Lipinski definition) is 2. The van der Waals surface area contributed by atoms with E-state index in [1.807, 2.05) is 65.2 Å². The van der Waals surface area contributed by atoms with Crippen molar-refractivity contribution in [3.8, 4) is 28.3 Å². The topological polar surface area (TPSA) is 26.5 Å². The molecular weight excluding hydrogens is 431 g/mol. The molecular formula is C24H16BrFN2O. The third-order valence-corrected chi connectivity index (χ3v) is 5.86. The van der Waals surface area contributed by atoms with Gasteiger partial charge in [0.15, 0.2) is 0 Å². The van der Waals surface area contributed by atoms with Crippen molar-refractivity contribution in [1.82, 2.24) is 9.61 Å². The van der Waals surface area contributed by atoms with Gasteiger partial charge in [-0.25, -0.2) is 8.91 Å². The molecule has 3 nitrogen and oxygen atoms in total. The Morgan fingerprint density at radius 2 is 1.62 bits per heavy atom. The van der Waals surface area contributed by atoms with Crippen molar-refractivity contribution in [2.75, 3.05) is 7.11 Å². The van der Waals surface area contributed by atoms with Crippen LogP contribution in [-0.2, 0) is 0 Å². The summed E-state index contributed by atoms with van der Waals surface area (Å²) >= 11 is 3.71. The van der Waals surface area contributed by atoms with Crippen LogP contribution in [-0.4, -0.2) is 16.7 Å². The zero-order valence-corrected chi connectivity index (χ0v) is 17.2. The maximum absolute atomic E-state index is 14.0.